The van der Waals surface area contributed by atoms with Crippen molar-refractivity contribution in [2.24, 2.45) is 11.8 Å². The molecule has 1 unspecified atom stereocenters. The fourth-order valence-electron chi connectivity index (χ4n) is 2.68. The molecule has 2 nitrogen and oxygen atoms in total. The molecule has 96 valence electrons. The third-order valence-electron chi connectivity index (χ3n) is 3.79. The Bertz CT molecular complexity index is 443. The molecule has 0 aliphatic carbocycles. The van der Waals surface area contributed by atoms with E-state index < -0.39 is 0 Å². The Morgan fingerprint density at radius 3 is 2.22 bits per heavy atom. The van der Waals surface area contributed by atoms with Gasteiger partial charge in [-0.2, -0.15) is 5.26 Å². The number of rotatable bonds is 4. The van der Waals surface area contributed by atoms with Gasteiger partial charge in [0, 0.05) is 4.90 Å². The van der Waals surface area contributed by atoms with Gasteiger partial charge in [0.2, 0.25) is 0 Å². The van der Waals surface area contributed by atoms with Crippen LogP contribution in [0.3, 0.4) is 0 Å². The molecule has 0 bridgehead atoms. The molecule has 0 N–H and O–H groups in total. The molecule has 0 spiro atoms. The van der Waals surface area contributed by atoms with E-state index in [1.54, 1.807) is 11.8 Å². The van der Waals surface area contributed by atoms with E-state index in [2.05, 4.69) is 50.4 Å². The van der Waals surface area contributed by atoms with E-state index in [1.807, 2.05) is 0 Å². The molecule has 1 heterocycles. The molecule has 0 amide bonds. The van der Waals surface area contributed by atoms with Gasteiger partial charge in [0.15, 0.2) is 0 Å². The van der Waals surface area contributed by atoms with Gasteiger partial charge in [0.05, 0.1) is 30.6 Å². The van der Waals surface area contributed by atoms with Crippen LogP contribution in [-0.4, -0.2) is 19.5 Å². The van der Waals surface area contributed by atoms with Crippen molar-refractivity contribution in [3.8, 4) is 6.07 Å². The minimum Gasteiger partial charge on any atom is -0.379 e. The molecule has 0 radical (unpaired) electrons. The summed E-state index contributed by atoms with van der Waals surface area (Å²) in [4.78, 5) is 1.26. The monoisotopic (exact) mass is 261 g/mol. The van der Waals surface area contributed by atoms with Crippen LogP contribution in [0.1, 0.15) is 19.4 Å². The third kappa shape index (κ3) is 2.15. The zero-order valence-electron chi connectivity index (χ0n) is 11.1. The Labute approximate surface area is 113 Å². The van der Waals surface area contributed by atoms with E-state index in [4.69, 9.17) is 4.74 Å². The molecule has 1 aliphatic rings. The molecule has 0 aromatic heterocycles. The quantitative estimate of drug-likeness (QED) is 0.778. The molecular formula is C15H19NOS. The molecular weight excluding hydrogens is 242 g/mol. The van der Waals surface area contributed by atoms with Gasteiger partial charge in [-0.1, -0.05) is 26.0 Å². The topological polar surface area (TPSA) is 33.0 Å². The maximum absolute atomic E-state index is 9.45. The zero-order chi connectivity index (χ0) is 13.2. The second-order valence-corrected chi connectivity index (χ2v) is 6.11. The van der Waals surface area contributed by atoms with Crippen molar-refractivity contribution < 1.29 is 4.74 Å². The van der Waals surface area contributed by atoms with Gasteiger partial charge in [-0.15, -0.1) is 11.8 Å². The average Bonchev–Trinajstić information content (AvgIpc) is 2.33. The Morgan fingerprint density at radius 1 is 1.28 bits per heavy atom. The van der Waals surface area contributed by atoms with Crippen molar-refractivity contribution in [2.45, 2.75) is 24.2 Å². The number of thioether (sulfide) groups is 1. The van der Waals surface area contributed by atoms with Crippen LogP contribution < -0.4 is 0 Å². The van der Waals surface area contributed by atoms with Crippen molar-refractivity contribution in [3.05, 3.63) is 29.8 Å². The summed E-state index contributed by atoms with van der Waals surface area (Å²) in [5.41, 5.74) is 1.15. The van der Waals surface area contributed by atoms with Gasteiger partial charge in [-0.05, 0) is 29.9 Å². The molecule has 0 saturated carbocycles. The number of hydrogen-bond donors (Lipinski definition) is 0. The van der Waals surface area contributed by atoms with E-state index in [9.17, 15) is 5.26 Å². The highest BCUT2D eigenvalue weighted by molar-refractivity contribution is 7.98. The first-order valence-electron chi connectivity index (χ1n) is 6.26. The predicted octanol–water partition coefficient (Wildman–Crippen LogP) is 3.47. The highest BCUT2D eigenvalue weighted by atomic mass is 32.2. The second-order valence-electron chi connectivity index (χ2n) is 5.23. The van der Waals surface area contributed by atoms with Crippen molar-refractivity contribution in [3.63, 3.8) is 0 Å². The lowest BCUT2D eigenvalue weighted by atomic mass is 9.65. The lowest BCUT2D eigenvalue weighted by Crippen LogP contribution is -2.53. The van der Waals surface area contributed by atoms with Crippen LogP contribution in [0.4, 0.5) is 0 Å². The highest BCUT2D eigenvalue weighted by Crippen LogP contribution is 2.42. The van der Waals surface area contributed by atoms with Crippen LogP contribution in [0.2, 0.25) is 0 Å². The Kier molecular flexibility index (Phi) is 3.99. The van der Waals surface area contributed by atoms with Gasteiger partial charge < -0.3 is 4.74 Å². The summed E-state index contributed by atoms with van der Waals surface area (Å²) >= 11 is 1.74. The minimum absolute atomic E-state index is 0.0198. The van der Waals surface area contributed by atoms with Crippen molar-refractivity contribution in [1.82, 2.24) is 0 Å². The summed E-state index contributed by atoms with van der Waals surface area (Å²) in [5, 5.41) is 9.45. The summed E-state index contributed by atoms with van der Waals surface area (Å²) < 4.78 is 5.43. The molecule has 1 aliphatic heterocycles. The van der Waals surface area contributed by atoms with Crippen LogP contribution in [0.15, 0.2) is 29.2 Å². The third-order valence-corrected chi connectivity index (χ3v) is 4.53. The van der Waals surface area contributed by atoms with Gasteiger partial charge in [0.1, 0.15) is 0 Å². The summed E-state index contributed by atoms with van der Waals surface area (Å²) in [7, 11) is 0. The number of hydrogen-bond acceptors (Lipinski definition) is 3. The van der Waals surface area contributed by atoms with Crippen LogP contribution in [-0.2, 0) is 10.2 Å². The fraction of sp³-hybridized carbons (Fsp3) is 0.533. The maximum Gasteiger partial charge on any atom is 0.0669 e. The predicted molar refractivity (Wildman–Crippen MR) is 74.7 cm³/mol. The first kappa shape index (κ1) is 13.5. The lowest BCUT2D eigenvalue weighted by molar-refractivity contribution is -0.0876. The summed E-state index contributed by atoms with van der Waals surface area (Å²) in [5.74, 6) is 0.366. The largest absolute Gasteiger partial charge is 0.379 e. The van der Waals surface area contributed by atoms with Crippen LogP contribution >= 0.6 is 11.8 Å². The smallest absolute Gasteiger partial charge is 0.0669 e. The number of benzene rings is 1. The molecule has 1 aromatic carbocycles. The lowest BCUT2D eigenvalue weighted by Gasteiger charge is -2.46. The molecule has 1 fully saturated rings. The molecule has 18 heavy (non-hydrogen) atoms. The zero-order valence-corrected chi connectivity index (χ0v) is 12.0. The molecule has 3 heteroatoms. The van der Waals surface area contributed by atoms with Crippen LogP contribution in [0, 0.1) is 23.2 Å². The maximum atomic E-state index is 9.45. The molecule has 1 saturated heterocycles. The first-order chi connectivity index (χ1) is 8.64. The van der Waals surface area contributed by atoms with E-state index in [0.717, 1.165) is 0 Å². The summed E-state index contributed by atoms with van der Waals surface area (Å²) in [6.07, 6.45) is 2.07. The van der Waals surface area contributed by atoms with Gasteiger partial charge in [-0.25, -0.2) is 0 Å². The average molecular weight is 261 g/mol. The second kappa shape index (κ2) is 5.34. The number of nitrogens with zero attached hydrogens (tertiary/aromatic N) is 1. The van der Waals surface area contributed by atoms with Crippen molar-refractivity contribution >= 4 is 11.8 Å². The Morgan fingerprint density at radius 2 is 1.89 bits per heavy atom. The standard InChI is InChI=1S/C15H19NOS/c1-11(2)14(8-16)15(9-17-10-15)12-4-6-13(18-3)7-5-12/h4-7,11,14H,9-10H2,1-3H3. The van der Waals surface area contributed by atoms with Crippen LogP contribution in [0.5, 0.6) is 0 Å². The fourth-order valence-corrected chi connectivity index (χ4v) is 3.09. The number of nitriles is 1. The van der Waals surface area contributed by atoms with Gasteiger partial charge in [-0.3, -0.25) is 0 Å². The van der Waals surface area contributed by atoms with E-state index in [-0.39, 0.29) is 11.3 Å². The summed E-state index contributed by atoms with van der Waals surface area (Å²) in [6.45, 7) is 5.57. The Hall–Kier alpha value is -0.980. The van der Waals surface area contributed by atoms with Gasteiger partial charge in [0.25, 0.3) is 0 Å². The van der Waals surface area contributed by atoms with E-state index >= 15 is 0 Å². The van der Waals surface area contributed by atoms with Crippen molar-refractivity contribution in [1.29, 1.82) is 5.26 Å². The molecule has 1 atom stereocenters. The highest BCUT2D eigenvalue weighted by Gasteiger charge is 2.48. The van der Waals surface area contributed by atoms with E-state index in [1.165, 1.54) is 10.5 Å². The van der Waals surface area contributed by atoms with E-state index in [0.29, 0.717) is 19.1 Å². The summed E-state index contributed by atoms with van der Waals surface area (Å²) in [6, 6.07) is 11.1. The van der Waals surface area contributed by atoms with Crippen LogP contribution in [0.25, 0.3) is 0 Å². The SMILES string of the molecule is CSc1ccc(C2(C(C#N)C(C)C)COC2)cc1. The minimum atomic E-state index is -0.0974. The molecule has 1 aromatic rings. The normalized spacial score (nSPS) is 19.1. The van der Waals surface area contributed by atoms with Crippen molar-refractivity contribution in [2.75, 3.05) is 19.5 Å². The first-order valence-corrected chi connectivity index (χ1v) is 7.48. The number of ether oxygens (including phenoxy) is 1. The molecule has 2 rings (SSSR count). The van der Waals surface area contributed by atoms with Gasteiger partial charge >= 0.3 is 0 Å². The Balaban J connectivity index is 2.34.